The Bertz CT molecular complexity index is 343. The molecule has 102 valence electrons. The van der Waals surface area contributed by atoms with Crippen molar-refractivity contribution in [1.29, 1.82) is 0 Å². The van der Waals surface area contributed by atoms with E-state index >= 15 is 0 Å². The van der Waals surface area contributed by atoms with Gasteiger partial charge in [0.05, 0.1) is 19.3 Å². The van der Waals surface area contributed by atoms with Crippen LogP contribution < -0.4 is 10.1 Å². The molecule has 18 heavy (non-hydrogen) atoms. The molecule has 2 atom stereocenters. The number of ether oxygens (including phenoxy) is 2. The van der Waals surface area contributed by atoms with E-state index in [1.165, 1.54) is 0 Å². The van der Waals surface area contributed by atoms with E-state index in [1.54, 1.807) is 21.1 Å². The molecule has 0 heterocycles. The van der Waals surface area contributed by atoms with Crippen LogP contribution in [0.15, 0.2) is 24.3 Å². The summed E-state index contributed by atoms with van der Waals surface area (Å²) in [5.41, 5.74) is 0.972. The Kier molecular flexibility index (Phi) is 6.01. The molecule has 2 unspecified atom stereocenters. The zero-order chi connectivity index (χ0) is 13.5. The summed E-state index contributed by atoms with van der Waals surface area (Å²) < 4.78 is 34.4. The number of alkyl halides is 2. The molecule has 1 rings (SSSR count). The van der Waals surface area contributed by atoms with Gasteiger partial charge in [0.2, 0.25) is 0 Å². The third-order valence-electron chi connectivity index (χ3n) is 2.74. The van der Waals surface area contributed by atoms with Gasteiger partial charge in [-0.25, -0.2) is 8.78 Å². The highest BCUT2D eigenvalue weighted by Crippen LogP contribution is 2.22. The second kappa shape index (κ2) is 7.28. The van der Waals surface area contributed by atoms with E-state index in [0.717, 1.165) is 11.3 Å². The summed E-state index contributed by atoms with van der Waals surface area (Å²) in [7, 11) is 3.37. The highest BCUT2D eigenvalue weighted by Gasteiger charge is 2.19. The predicted molar refractivity (Wildman–Crippen MR) is 66.2 cm³/mol. The van der Waals surface area contributed by atoms with E-state index in [2.05, 4.69) is 5.32 Å². The summed E-state index contributed by atoms with van der Waals surface area (Å²) in [6.07, 6.45) is -2.78. The second-order valence-electron chi connectivity index (χ2n) is 3.97. The lowest BCUT2D eigenvalue weighted by Gasteiger charge is -2.24. The first kappa shape index (κ1) is 14.9. The molecule has 5 heteroatoms. The largest absolute Gasteiger partial charge is 0.497 e. The average molecular weight is 259 g/mol. The quantitative estimate of drug-likeness (QED) is 0.816. The van der Waals surface area contributed by atoms with E-state index in [1.807, 2.05) is 24.3 Å². The van der Waals surface area contributed by atoms with Crippen molar-refractivity contribution in [3.05, 3.63) is 29.8 Å². The predicted octanol–water partition coefficient (Wildman–Crippen LogP) is 2.63. The Morgan fingerprint density at radius 1 is 1.22 bits per heavy atom. The molecule has 1 aromatic carbocycles. The molecule has 0 aliphatic carbocycles. The van der Waals surface area contributed by atoms with Crippen molar-refractivity contribution in [2.24, 2.45) is 0 Å². The lowest BCUT2D eigenvalue weighted by Crippen LogP contribution is -2.30. The molecule has 0 spiro atoms. The second-order valence-corrected chi connectivity index (χ2v) is 3.97. The number of methoxy groups -OCH3 is 1. The van der Waals surface area contributed by atoms with Crippen LogP contribution in [0.5, 0.6) is 5.75 Å². The minimum Gasteiger partial charge on any atom is -0.497 e. The zero-order valence-electron chi connectivity index (χ0n) is 10.8. The Labute approximate surface area is 106 Å². The third-order valence-corrected chi connectivity index (χ3v) is 2.74. The molecule has 0 saturated carbocycles. The molecular formula is C13H19F2NO2. The third kappa shape index (κ3) is 4.23. The van der Waals surface area contributed by atoms with Gasteiger partial charge in [0, 0.05) is 0 Å². The van der Waals surface area contributed by atoms with Crippen LogP contribution in [0.2, 0.25) is 0 Å². The normalized spacial score (nSPS) is 14.6. The van der Waals surface area contributed by atoms with Gasteiger partial charge in [-0.15, -0.1) is 0 Å². The summed E-state index contributed by atoms with van der Waals surface area (Å²) in [6.45, 7) is 1.23. The Balaban J connectivity index is 2.68. The van der Waals surface area contributed by atoms with Crippen LogP contribution in [0.25, 0.3) is 0 Å². The summed E-state index contributed by atoms with van der Waals surface area (Å²) >= 11 is 0. The highest BCUT2D eigenvalue weighted by atomic mass is 19.3. The molecule has 0 amide bonds. The average Bonchev–Trinajstić information content (AvgIpc) is 2.38. The van der Waals surface area contributed by atoms with Crippen molar-refractivity contribution in [3.63, 3.8) is 0 Å². The standard InChI is InChI=1S/C13H19F2NO2/c1-9(18-8-12(14)15)13(16-2)10-4-6-11(17-3)7-5-10/h4-7,9,12-13,16H,8H2,1-3H3. The van der Waals surface area contributed by atoms with E-state index in [-0.39, 0.29) is 12.1 Å². The van der Waals surface area contributed by atoms with Crippen LogP contribution in [0, 0.1) is 0 Å². The molecule has 0 aliphatic heterocycles. The lowest BCUT2D eigenvalue weighted by molar-refractivity contribution is -0.0300. The van der Waals surface area contributed by atoms with Gasteiger partial charge in [-0.05, 0) is 31.7 Å². The van der Waals surface area contributed by atoms with Gasteiger partial charge in [-0.3, -0.25) is 0 Å². The summed E-state index contributed by atoms with van der Waals surface area (Å²) in [5, 5.41) is 3.07. The summed E-state index contributed by atoms with van der Waals surface area (Å²) in [4.78, 5) is 0. The van der Waals surface area contributed by atoms with E-state index in [4.69, 9.17) is 9.47 Å². The fourth-order valence-electron chi connectivity index (χ4n) is 1.80. The fraction of sp³-hybridized carbons (Fsp3) is 0.538. The van der Waals surface area contributed by atoms with Crippen LogP contribution in [0.3, 0.4) is 0 Å². The number of rotatable bonds is 7. The van der Waals surface area contributed by atoms with Crippen molar-refractivity contribution in [1.82, 2.24) is 5.32 Å². The number of hydrogen-bond acceptors (Lipinski definition) is 3. The Morgan fingerprint density at radius 2 is 1.83 bits per heavy atom. The molecule has 0 radical (unpaired) electrons. The zero-order valence-corrected chi connectivity index (χ0v) is 10.8. The number of halogens is 2. The van der Waals surface area contributed by atoms with Crippen LogP contribution in [-0.4, -0.2) is 33.3 Å². The minimum atomic E-state index is -2.44. The van der Waals surface area contributed by atoms with Gasteiger partial charge in [-0.2, -0.15) is 0 Å². The molecule has 3 nitrogen and oxygen atoms in total. The van der Waals surface area contributed by atoms with E-state index < -0.39 is 13.0 Å². The molecule has 0 fully saturated rings. The van der Waals surface area contributed by atoms with E-state index in [9.17, 15) is 8.78 Å². The Morgan fingerprint density at radius 3 is 2.28 bits per heavy atom. The van der Waals surface area contributed by atoms with Crippen LogP contribution >= 0.6 is 0 Å². The molecule has 0 saturated heterocycles. The molecular weight excluding hydrogens is 240 g/mol. The highest BCUT2D eigenvalue weighted by molar-refractivity contribution is 5.29. The van der Waals surface area contributed by atoms with Crippen LogP contribution in [0.4, 0.5) is 8.78 Å². The maximum absolute atomic E-state index is 12.1. The lowest BCUT2D eigenvalue weighted by atomic mass is 10.0. The smallest absolute Gasteiger partial charge is 0.261 e. The van der Waals surface area contributed by atoms with Gasteiger partial charge in [-0.1, -0.05) is 12.1 Å². The van der Waals surface area contributed by atoms with Gasteiger partial charge in [0.1, 0.15) is 12.4 Å². The monoisotopic (exact) mass is 259 g/mol. The molecule has 0 aromatic heterocycles. The van der Waals surface area contributed by atoms with Gasteiger partial charge < -0.3 is 14.8 Å². The van der Waals surface area contributed by atoms with Gasteiger partial charge in [0.25, 0.3) is 6.43 Å². The van der Waals surface area contributed by atoms with Crippen molar-refractivity contribution in [2.45, 2.75) is 25.5 Å². The first-order valence-corrected chi connectivity index (χ1v) is 5.79. The number of likely N-dealkylation sites (N-methyl/N-ethyl adjacent to an activating group) is 1. The summed E-state index contributed by atoms with van der Waals surface area (Å²) in [6, 6.07) is 7.32. The Hall–Kier alpha value is -1.20. The van der Waals surface area contributed by atoms with E-state index in [0.29, 0.717) is 0 Å². The van der Waals surface area contributed by atoms with Gasteiger partial charge in [0.15, 0.2) is 0 Å². The first-order valence-electron chi connectivity index (χ1n) is 5.79. The SMILES string of the molecule is CNC(c1ccc(OC)cc1)C(C)OCC(F)F. The molecule has 0 aliphatic rings. The number of hydrogen-bond donors (Lipinski definition) is 1. The first-order chi connectivity index (χ1) is 8.58. The molecule has 1 aromatic rings. The van der Waals surface area contributed by atoms with Crippen molar-refractivity contribution in [3.8, 4) is 5.75 Å². The number of nitrogens with one attached hydrogen (secondary N) is 1. The maximum atomic E-state index is 12.1. The van der Waals surface area contributed by atoms with Crippen LogP contribution in [-0.2, 0) is 4.74 Å². The fourth-order valence-corrected chi connectivity index (χ4v) is 1.80. The van der Waals surface area contributed by atoms with Gasteiger partial charge >= 0.3 is 0 Å². The van der Waals surface area contributed by atoms with Crippen molar-refractivity contribution in [2.75, 3.05) is 20.8 Å². The molecule has 0 bridgehead atoms. The van der Waals surface area contributed by atoms with Crippen molar-refractivity contribution >= 4 is 0 Å². The topological polar surface area (TPSA) is 30.5 Å². The number of benzene rings is 1. The minimum absolute atomic E-state index is 0.130. The van der Waals surface area contributed by atoms with Crippen LogP contribution in [0.1, 0.15) is 18.5 Å². The van der Waals surface area contributed by atoms with Crippen molar-refractivity contribution < 1.29 is 18.3 Å². The maximum Gasteiger partial charge on any atom is 0.261 e. The summed E-state index contributed by atoms with van der Waals surface area (Å²) in [5.74, 6) is 0.759. The molecule has 1 N–H and O–H groups in total.